The molecule has 72 valence electrons. The molecule has 0 saturated carbocycles. The van der Waals surface area contributed by atoms with Gasteiger partial charge >= 0.3 is 0 Å². The van der Waals surface area contributed by atoms with Crippen LogP contribution in [0.4, 0.5) is 5.82 Å². The van der Waals surface area contributed by atoms with E-state index in [0.717, 1.165) is 30.7 Å². The SMILES string of the molecule is Nc1c(Br)cnn1CC1CCOC1. The molecular formula is C8H12BrN3O. The van der Waals surface area contributed by atoms with Gasteiger partial charge in [-0.3, -0.25) is 0 Å². The van der Waals surface area contributed by atoms with Crippen molar-refractivity contribution < 1.29 is 4.74 Å². The zero-order valence-corrected chi connectivity index (χ0v) is 8.83. The van der Waals surface area contributed by atoms with Gasteiger partial charge in [-0.05, 0) is 22.4 Å². The Hall–Kier alpha value is -0.550. The van der Waals surface area contributed by atoms with E-state index in [2.05, 4.69) is 21.0 Å². The molecule has 0 aromatic carbocycles. The highest BCUT2D eigenvalue weighted by molar-refractivity contribution is 9.10. The average Bonchev–Trinajstić information content (AvgIpc) is 2.71. The van der Waals surface area contributed by atoms with Crippen molar-refractivity contribution in [2.45, 2.75) is 13.0 Å². The number of rotatable bonds is 2. The van der Waals surface area contributed by atoms with Gasteiger partial charge in [0.2, 0.25) is 0 Å². The van der Waals surface area contributed by atoms with Gasteiger partial charge in [0, 0.05) is 19.1 Å². The van der Waals surface area contributed by atoms with Crippen molar-refractivity contribution in [2.75, 3.05) is 18.9 Å². The van der Waals surface area contributed by atoms with Gasteiger partial charge in [-0.15, -0.1) is 0 Å². The molecular weight excluding hydrogens is 234 g/mol. The fraction of sp³-hybridized carbons (Fsp3) is 0.625. The maximum absolute atomic E-state index is 5.79. The largest absolute Gasteiger partial charge is 0.383 e. The number of hydrogen-bond acceptors (Lipinski definition) is 3. The molecule has 1 aromatic heterocycles. The first kappa shape index (κ1) is 9.02. The zero-order chi connectivity index (χ0) is 9.26. The highest BCUT2D eigenvalue weighted by Crippen LogP contribution is 2.21. The second-order valence-electron chi connectivity index (χ2n) is 3.29. The molecule has 0 aliphatic carbocycles. The number of halogens is 1. The maximum Gasteiger partial charge on any atom is 0.136 e. The van der Waals surface area contributed by atoms with Crippen LogP contribution in [0.2, 0.25) is 0 Å². The standard InChI is InChI=1S/C8H12BrN3O/c9-7-3-11-12(8(7)10)4-6-1-2-13-5-6/h3,6H,1-2,4-5,10H2. The van der Waals surface area contributed by atoms with Crippen LogP contribution in [0, 0.1) is 5.92 Å². The smallest absolute Gasteiger partial charge is 0.136 e. The van der Waals surface area contributed by atoms with Crippen LogP contribution in [0.3, 0.4) is 0 Å². The van der Waals surface area contributed by atoms with E-state index in [0.29, 0.717) is 11.7 Å². The molecule has 5 heteroatoms. The van der Waals surface area contributed by atoms with Crippen LogP contribution < -0.4 is 5.73 Å². The summed E-state index contributed by atoms with van der Waals surface area (Å²) in [6.07, 6.45) is 2.84. The fourth-order valence-corrected chi connectivity index (χ4v) is 1.79. The summed E-state index contributed by atoms with van der Waals surface area (Å²) in [6.45, 7) is 2.56. The molecule has 2 N–H and O–H groups in total. The van der Waals surface area contributed by atoms with E-state index in [1.165, 1.54) is 0 Å². The Bertz CT molecular complexity index is 294. The van der Waals surface area contributed by atoms with Gasteiger partial charge in [-0.25, -0.2) is 4.68 Å². The Morgan fingerprint density at radius 2 is 2.62 bits per heavy atom. The second kappa shape index (κ2) is 3.67. The number of anilines is 1. The van der Waals surface area contributed by atoms with E-state index in [1.807, 2.05) is 4.68 Å². The third-order valence-electron chi connectivity index (χ3n) is 2.29. The molecule has 1 fully saturated rings. The van der Waals surface area contributed by atoms with Crippen molar-refractivity contribution in [2.24, 2.45) is 5.92 Å². The summed E-state index contributed by atoms with van der Waals surface area (Å²) >= 11 is 3.33. The minimum atomic E-state index is 0.564. The van der Waals surface area contributed by atoms with Gasteiger partial charge in [-0.2, -0.15) is 5.10 Å². The number of aromatic nitrogens is 2. The van der Waals surface area contributed by atoms with Crippen LogP contribution in [-0.2, 0) is 11.3 Å². The van der Waals surface area contributed by atoms with Gasteiger partial charge in [-0.1, -0.05) is 0 Å². The van der Waals surface area contributed by atoms with E-state index < -0.39 is 0 Å². The maximum atomic E-state index is 5.79. The number of nitrogen functional groups attached to an aromatic ring is 1. The molecule has 2 rings (SSSR count). The van der Waals surface area contributed by atoms with Crippen molar-refractivity contribution >= 4 is 21.7 Å². The van der Waals surface area contributed by atoms with Crippen LogP contribution in [0.5, 0.6) is 0 Å². The molecule has 1 unspecified atom stereocenters. The third-order valence-corrected chi connectivity index (χ3v) is 2.90. The number of nitrogens with two attached hydrogens (primary N) is 1. The van der Waals surface area contributed by atoms with Crippen molar-refractivity contribution in [3.63, 3.8) is 0 Å². The molecule has 0 amide bonds. The first-order valence-corrected chi connectivity index (χ1v) is 5.11. The molecule has 1 aromatic rings. The van der Waals surface area contributed by atoms with Gasteiger partial charge < -0.3 is 10.5 Å². The minimum absolute atomic E-state index is 0.564. The Labute approximate surface area is 85.2 Å². The van der Waals surface area contributed by atoms with E-state index in [4.69, 9.17) is 10.5 Å². The highest BCUT2D eigenvalue weighted by atomic mass is 79.9. The van der Waals surface area contributed by atoms with Gasteiger partial charge in [0.1, 0.15) is 5.82 Å². The molecule has 1 atom stereocenters. The highest BCUT2D eigenvalue weighted by Gasteiger charge is 2.17. The molecule has 0 radical (unpaired) electrons. The quantitative estimate of drug-likeness (QED) is 0.854. The first-order valence-electron chi connectivity index (χ1n) is 4.32. The molecule has 1 aliphatic heterocycles. The van der Waals surface area contributed by atoms with E-state index in [-0.39, 0.29) is 0 Å². The summed E-state index contributed by atoms with van der Waals surface area (Å²) in [5, 5.41) is 4.17. The van der Waals surface area contributed by atoms with E-state index in [1.54, 1.807) is 6.20 Å². The van der Waals surface area contributed by atoms with Gasteiger partial charge in [0.15, 0.2) is 0 Å². The van der Waals surface area contributed by atoms with Crippen LogP contribution in [0.15, 0.2) is 10.7 Å². The van der Waals surface area contributed by atoms with Crippen molar-refractivity contribution in [1.29, 1.82) is 0 Å². The molecule has 4 nitrogen and oxygen atoms in total. The lowest BCUT2D eigenvalue weighted by Gasteiger charge is -2.08. The van der Waals surface area contributed by atoms with E-state index in [9.17, 15) is 0 Å². The topological polar surface area (TPSA) is 53.1 Å². The predicted octanol–water partition coefficient (Wildman–Crippen LogP) is 1.26. The fourth-order valence-electron chi connectivity index (χ4n) is 1.49. The summed E-state index contributed by atoms with van der Waals surface area (Å²) in [4.78, 5) is 0. The van der Waals surface area contributed by atoms with Crippen LogP contribution in [0.25, 0.3) is 0 Å². The lowest BCUT2D eigenvalue weighted by Crippen LogP contribution is -2.13. The zero-order valence-electron chi connectivity index (χ0n) is 7.24. The normalized spacial score (nSPS) is 22.4. The summed E-state index contributed by atoms with van der Waals surface area (Å²) in [5.74, 6) is 1.26. The molecule has 1 aliphatic rings. The summed E-state index contributed by atoms with van der Waals surface area (Å²) in [6, 6.07) is 0. The Balaban J connectivity index is 2.04. The number of nitrogens with zero attached hydrogens (tertiary/aromatic N) is 2. The van der Waals surface area contributed by atoms with Crippen LogP contribution in [-0.4, -0.2) is 23.0 Å². The lowest BCUT2D eigenvalue weighted by molar-refractivity contribution is 0.181. The number of ether oxygens (including phenoxy) is 1. The third kappa shape index (κ3) is 1.86. The minimum Gasteiger partial charge on any atom is -0.383 e. The van der Waals surface area contributed by atoms with Crippen LogP contribution >= 0.6 is 15.9 Å². The Morgan fingerprint density at radius 3 is 3.15 bits per heavy atom. The molecule has 0 bridgehead atoms. The van der Waals surface area contributed by atoms with E-state index >= 15 is 0 Å². The first-order chi connectivity index (χ1) is 6.27. The van der Waals surface area contributed by atoms with Gasteiger partial charge in [0.05, 0.1) is 17.3 Å². The summed E-state index contributed by atoms with van der Waals surface area (Å²) in [7, 11) is 0. The van der Waals surface area contributed by atoms with Gasteiger partial charge in [0.25, 0.3) is 0 Å². The predicted molar refractivity (Wildman–Crippen MR) is 53.3 cm³/mol. The summed E-state index contributed by atoms with van der Waals surface area (Å²) < 4.78 is 7.97. The average molecular weight is 246 g/mol. The molecule has 13 heavy (non-hydrogen) atoms. The molecule has 0 spiro atoms. The number of hydrogen-bond donors (Lipinski definition) is 1. The Kier molecular flexibility index (Phi) is 2.55. The Morgan fingerprint density at radius 1 is 1.77 bits per heavy atom. The van der Waals surface area contributed by atoms with Crippen molar-refractivity contribution in [3.8, 4) is 0 Å². The summed E-state index contributed by atoms with van der Waals surface area (Å²) in [5.41, 5.74) is 5.79. The van der Waals surface area contributed by atoms with Crippen LogP contribution in [0.1, 0.15) is 6.42 Å². The molecule has 1 saturated heterocycles. The van der Waals surface area contributed by atoms with Crippen molar-refractivity contribution in [1.82, 2.24) is 9.78 Å². The molecule has 2 heterocycles. The lowest BCUT2D eigenvalue weighted by atomic mass is 10.1. The second-order valence-corrected chi connectivity index (χ2v) is 4.14. The monoisotopic (exact) mass is 245 g/mol. The van der Waals surface area contributed by atoms with Crippen molar-refractivity contribution in [3.05, 3.63) is 10.7 Å².